The summed E-state index contributed by atoms with van der Waals surface area (Å²) in [5.74, 6) is -0.454. The van der Waals surface area contributed by atoms with E-state index in [0.717, 1.165) is 0 Å². The van der Waals surface area contributed by atoms with Crippen molar-refractivity contribution in [2.45, 2.75) is 0 Å². The van der Waals surface area contributed by atoms with Crippen LogP contribution in [0.15, 0.2) is 23.1 Å². The second kappa shape index (κ2) is 3.20. The molecule has 0 saturated heterocycles. The lowest BCUT2D eigenvalue weighted by molar-refractivity contribution is 0.630. The molecular formula is C8H3BrClFN2. The molecule has 0 saturated carbocycles. The third-order valence-electron chi connectivity index (χ3n) is 1.63. The first-order valence-electron chi connectivity index (χ1n) is 3.43. The Hall–Kier alpha value is -0.740. The van der Waals surface area contributed by atoms with Crippen LogP contribution in [0.2, 0.25) is 5.02 Å². The van der Waals surface area contributed by atoms with Crippen LogP contribution in [0, 0.1) is 5.82 Å². The van der Waals surface area contributed by atoms with Crippen LogP contribution in [0.5, 0.6) is 0 Å². The molecule has 0 aliphatic carbocycles. The maximum absolute atomic E-state index is 13.4. The first-order chi connectivity index (χ1) is 6.20. The predicted molar refractivity (Wildman–Crippen MR) is 52.2 cm³/mol. The van der Waals surface area contributed by atoms with E-state index in [2.05, 4.69) is 25.9 Å². The maximum atomic E-state index is 13.4. The van der Waals surface area contributed by atoms with Gasteiger partial charge in [-0.05, 0) is 22.0 Å². The van der Waals surface area contributed by atoms with Gasteiger partial charge in [-0.3, -0.25) is 0 Å². The first-order valence-corrected chi connectivity index (χ1v) is 4.60. The summed E-state index contributed by atoms with van der Waals surface area (Å²) in [5.41, 5.74) is 0.270. The van der Waals surface area contributed by atoms with Crippen molar-refractivity contribution in [3.8, 4) is 0 Å². The van der Waals surface area contributed by atoms with Crippen LogP contribution >= 0.6 is 27.5 Å². The van der Waals surface area contributed by atoms with Crippen molar-refractivity contribution < 1.29 is 4.39 Å². The van der Waals surface area contributed by atoms with Crippen molar-refractivity contribution in [3.63, 3.8) is 0 Å². The van der Waals surface area contributed by atoms with Crippen LogP contribution in [0.4, 0.5) is 4.39 Å². The van der Waals surface area contributed by atoms with E-state index in [9.17, 15) is 4.39 Å². The molecule has 0 unspecified atom stereocenters. The summed E-state index contributed by atoms with van der Waals surface area (Å²) < 4.78 is 13.7. The topological polar surface area (TPSA) is 25.8 Å². The number of hydrogen-bond donors (Lipinski definition) is 0. The van der Waals surface area contributed by atoms with Crippen molar-refractivity contribution in [1.29, 1.82) is 0 Å². The molecule has 0 N–H and O–H groups in total. The molecule has 0 spiro atoms. The van der Waals surface area contributed by atoms with Gasteiger partial charge in [0.15, 0.2) is 5.82 Å². The molecule has 2 nitrogen and oxygen atoms in total. The Morgan fingerprint density at radius 3 is 3.00 bits per heavy atom. The number of fused-ring (bicyclic) bond motifs is 1. The van der Waals surface area contributed by atoms with Gasteiger partial charge in [0.25, 0.3) is 0 Å². The Balaban J connectivity index is 2.94. The van der Waals surface area contributed by atoms with Crippen molar-refractivity contribution in [1.82, 2.24) is 9.97 Å². The third kappa shape index (κ3) is 1.40. The average Bonchev–Trinajstić information content (AvgIpc) is 2.15. The molecule has 0 fully saturated rings. The lowest BCUT2D eigenvalue weighted by atomic mass is 10.2. The second-order valence-electron chi connectivity index (χ2n) is 2.45. The molecule has 2 aromatic rings. The molecule has 13 heavy (non-hydrogen) atoms. The SMILES string of the molecule is Fc1c(Br)c(Cl)cc2cncnc12. The fourth-order valence-electron chi connectivity index (χ4n) is 1.04. The van der Waals surface area contributed by atoms with Crippen molar-refractivity contribution >= 4 is 38.4 Å². The van der Waals surface area contributed by atoms with Gasteiger partial charge in [0.1, 0.15) is 11.8 Å². The first kappa shape index (κ1) is 8.84. The van der Waals surface area contributed by atoms with Gasteiger partial charge in [0, 0.05) is 11.6 Å². The predicted octanol–water partition coefficient (Wildman–Crippen LogP) is 3.18. The monoisotopic (exact) mass is 260 g/mol. The largest absolute Gasteiger partial charge is 0.244 e. The number of halogens is 3. The van der Waals surface area contributed by atoms with Crippen LogP contribution < -0.4 is 0 Å². The van der Waals surface area contributed by atoms with Gasteiger partial charge in [-0.15, -0.1) is 0 Å². The van der Waals surface area contributed by atoms with Crippen LogP contribution in [0.25, 0.3) is 10.9 Å². The highest BCUT2D eigenvalue weighted by Gasteiger charge is 2.10. The average molecular weight is 261 g/mol. The molecule has 0 atom stereocenters. The zero-order chi connectivity index (χ0) is 9.42. The van der Waals surface area contributed by atoms with E-state index in [4.69, 9.17) is 11.6 Å². The highest BCUT2D eigenvalue weighted by Crippen LogP contribution is 2.30. The minimum absolute atomic E-state index is 0.236. The smallest absolute Gasteiger partial charge is 0.165 e. The van der Waals surface area contributed by atoms with Crippen LogP contribution in [0.3, 0.4) is 0 Å². The van der Waals surface area contributed by atoms with Gasteiger partial charge in [-0.1, -0.05) is 11.6 Å². The Labute approximate surface area is 86.9 Å². The summed E-state index contributed by atoms with van der Waals surface area (Å²) in [4.78, 5) is 7.58. The van der Waals surface area contributed by atoms with E-state index in [0.29, 0.717) is 10.4 Å². The van der Waals surface area contributed by atoms with Gasteiger partial charge >= 0.3 is 0 Å². The summed E-state index contributed by atoms with van der Waals surface area (Å²) in [6, 6.07) is 1.62. The lowest BCUT2D eigenvalue weighted by Gasteiger charge is -2.01. The Bertz CT molecular complexity index is 475. The van der Waals surface area contributed by atoms with Crippen LogP contribution in [-0.4, -0.2) is 9.97 Å². The van der Waals surface area contributed by atoms with E-state index in [-0.39, 0.29) is 9.99 Å². The highest BCUT2D eigenvalue weighted by molar-refractivity contribution is 9.10. The molecule has 66 valence electrons. The van der Waals surface area contributed by atoms with E-state index in [1.807, 2.05) is 0 Å². The molecule has 0 bridgehead atoms. The second-order valence-corrected chi connectivity index (χ2v) is 3.65. The van der Waals surface area contributed by atoms with E-state index >= 15 is 0 Å². The Kier molecular flexibility index (Phi) is 2.17. The Morgan fingerprint density at radius 2 is 2.23 bits per heavy atom. The van der Waals surface area contributed by atoms with E-state index < -0.39 is 5.82 Å². The summed E-state index contributed by atoms with van der Waals surface area (Å²) in [5, 5.41) is 0.910. The molecule has 0 amide bonds. The van der Waals surface area contributed by atoms with Crippen molar-refractivity contribution in [3.05, 3.63) is 33.9 Å². The number of nitrogens with zero attached hydrogens (tertiary/aromatic N) is 2. The minimum atomic E-state index is -0.454. The molecule has 5 heteroatoms. The summed E-state index contributed by atoms with van der Waals surface area (Å²) >= 11 is 8.78. The van der Waals surface area contributed by atoms with Crippen LogP contribution in [-0.2, 0) is 0 Å². The van der Waals surface area contributed by atoms with Crippen molar-refractivity contribution in [2.24, 2.45) is 0 Å². The molecule has 0 aliphatic rings. The zero-order valence-electron chi connectivity index (χ0n) is 6.26. The fraction of sp³-hybridized carbons (Fsp3) is 0. The van der Waals surface area contributed by atoms with Gasteiger partial charge in [0.2, 0.25) is 0 Å². The fourth-order valence-corrected chi connectivity index (χ4v) is 1.54. The maximum Gasteiger partial charge on any atom is 0.165 e. The molecule has 1 aromatic carbocycles. The molecule has 1 aromatic heterocycles. The molecule has 1 heterocycles. The van der Waals surface area contributed by atoms with Gasteiger partial charge in [-0.25, -0.2) is 14.4 Å². The Morgan fingerprint density at radius 1 is 1.46 bits per heavy atom. The lowest BCUT2D eigenvalue weighted by Crippen LogP contribution is -1.87. The quantitative estimate of drug-likeness (QED) is 0.681. The summed E-state index contributed by atoms with van der Waals surface area (Å²) in [7, 11) is 0. The van der Waals surface area contributed by atoms with E-state index in [1.165, 1.54) is 12.5 Å². The van der Waals surface area contributed by atoms with E-state index in [1.54, 1.807) is 6.07 Å². The summed E-state index contributed by atoms with van der Waals surface area (Å²) in [6.45, 7) is 0. The van der Waals surface area contributed by atoms with Crippen LogP contribution in [0.1, 0.15) is 0 Å². The summed E-state index contributed by atoms with van der Waals surface area (Å²) in [6.07, 6.45) is 2.81. The van der Waals surface area contributed by atoms with Crippen molar-refractivity contribution in [2.75, 3.05) is 0 Å². The number of rotatable bonds is 0. The molecular weight excluding hydrogens is 258 g/mol. The molecule has 2 rings (SSSR count). The van der Waals surface area contributed by atoms with Gasteiger partial charge in [-0.2, -0.15) is 0 Å². The number of aromatic nitrogens is 2. The highest BCUT2D eigenvalue weighted by atomic mass is 79.9. The minimum Gasteiger partial charge on any atom is -0.244 e. The standard InChI is InChI=1S/C8H3BrClFN2/c9-6-5(10)1-4-2-12-3-13-8(4)7(6)11/h1-3H. The number of hydrogen-bond acceptors (Lipinski definition) is 2. The van der Waals surface area contributed by atoms with Gasteiger partial charge < -0.3 is 0 Å². The molecule has 0 radical (unpaired) electrons. The normalized spacial score (nSPS) is 10.7. The van der Waals surface area contributed by atoms with Gasteiger partial charge in [0.05, 0.1) is 9.50 Å². The third-order valence-corrected chi connectivity index (χ3v) is 2.93. The zero-order valence-corrected chi connectivity index (χ0v) is 8.60. The molecule has 0 aliphatic heterocycles. The number of benzene rings is 1.